The zero-order valence-corrected chi connectivity index (χ0v) is 16.5. The summed E-state index contributed by atoms with van der Waals surface area (Å²) < 4.78 is 33.8. The highest BCUT2D eigenvalue weighted by Crippen LogP contribution is 2.27. The molecule has 0 spiro atoms. The van der Waals surface area contributed by atoms with Crippen LogP contribution in [0.25, 0.3) is 0 Å². The van der Waals surface area contributed by atoms with Gasteiger partial charge in [0, 0.05) is 19.4 Å². The lowest BCUT2D eigenvalue weighted by Crippen LogP contribution is -2.43. The van der Waals surface area contributed by atoms with Gasteiger partial charge in [-0.3, -0.25) is 4.79 Å². The van der Waals surface area contributed by atoms with Crippen molar-refractivity contribution < 1.29 is 27.8 Å². The second kappa shape index (κ2) is 11.1. The lowest BCUT2D eigenvalue weighted by atomic mass is 10.0. The Morgan fingerprint density at radius 2 is 1.69 bits per heavy atom. The predicted octanol–water partition coefficient (Wildman–Crippen LogP) is 5.23. The first-order valence-corrected chi connectivity index (χ1v) is 9.38. The molecule has 2 aromatic rings. The van der Waals surface area contributed by atoms with Crippen molar-refractivity contribution in [3.63, 3.8) is 0 Å². The van der Waals surface area contributed by atoms with Gasteiger partial charge in [-0.15, -0.1) is 0 Å². The molecular formula is C22H25F2NO4. The Morgan fingerprint density at radius 3 is 2.14 bits per heavy atom. The average Bonchev–Trinajstić information content (AvgIpc) is 2.69. The van der Waals surface area contributed by atoms with E-state index in [-0.39, 0.29) is 30.1 Å². The molecule has 0 aromatic heterocycles. The summed E-state index contributed by atoms with van der Waals surface area (Å²) in [4.78, 5) is 24.7. The molecule has 2 atom stereocenters. The fourth-order valence-corrected chi connectivity index (χ4v) is 2.95. The summed E-state index contributed by atoms with van der Waals surface area (Å²) >= 11 is 0. The molecule has 1 saturated heterocycles. The van der Waals surface area contributed by atoms with E-state index in [0.717, 1.165) is 5.56 Å². The van der Waals surface area contributed by atoms with E-state index in [2.05, 4.69) is 4.74 Å². The highest BCUT2D eigenvalue weighted by Gasteiger charge is 2.31. The topological polar surface area (TPSA) is 55.8 Å². The summed E-state index contributed by atoms with van der Waals surface area (Å²) in [7, 11) is 0. The molecule has 0 aliphatic carbocycles. The number of ether oxygens (including phenoxy) is 2. The van der Waals surface area contributed by atoms with Crippen LogP contribution in [0.2, 0.25) is 0 Å². The quantitative estimate of drug-likeness (QED) is 0.661. The molecule has 2 aromatic carbocycles. The van der Waals surface area contributed by atoms with Gasteiger partial charge < -0.3 is 14.4 Å². The molecule has 0 bridgehead atoms. The number of ketones is 1. The van der Waals surface area contributed by atoms with Crippen LogP contribution in [0.15, 0.2) is 60.7 Å². The number of Topliss-reactive ketones (excluding diaryl/α,β-unsaturated/α-hetero) is 1. The Morgan fingerprint density at radius 1 is 1.14 bits per heavy atom. The van der Waals surface area contributed by atoms with Crippen LogP contribution >= 0.6 is 0 Å². The fourth-order valence-electron chi connectivity index (χ4n) is 2.95. The van der Waals surface area contributed by atoms with Crippen LogP contribution in [-0.2, 0) is 9.53 Å². The van der Waals surface area contributed by atoms with Crippen LogP contribution in [0.1, 0.15) is 38.3 Å². The van der Waals surface area contributed by atoms with Gasteiger partial charge in [-0.1, -0.05) is 48.5 Å². The molecule has 0 N–H and O–H groups in total. The van der Waals surface area contributed by atoms with Crippen molar-refractivity contribution in [1.82, 2.24) is 4.90 Å². The summed E-state index contributed by atoms with van der Waals surface area (Å²) in [6.45, 7) is 0.905. The molecular weight excluding hydrogens is 380 g/mol. The summed E-state index contributed by atoms with van der Waals surface area (Å²) in [5.74, 6) is 0.0533. The Bertz CT molecular complexity index is 741. The molecule has 1 heterocycles. The van der Waals surface area contributed by atoms with Gasteiger partial charge in [-0.05, 0) is 31.5 Å². The van der Waals surface area contributed by atoms with Crippen LogP contribution < -0.4 is 4.74 Å². The van der Waals surface area contributed by atoms with Gasteiger partial charge in [0.05, 0.1) is 6.04 Å². The predicted molar refractivity (Wildman–Crippen MR) is 105 cm³/mol. The molecule has 2 unspecified atom stereocenters. The van der Waals surface area contributed by atoms with Crippen molar-refractivity contribution in [1.29, 1.82) is 0 Å². The average molecular weight is 405 g/mol. The van der Waals surface area contributed by atoms with Crippen molar-refractivity contribution in [3.8, 4) is 5.75 Å². The minimum absolute atomic E-state index is 0.0149. The lowest BCUT2D eigenvalue weighted by molar-refractivity contribution is -0.119. The molecule has 5 nitrogen and oxygen atoms in total. The zero-order chi connectivity index (χ0) is 21.2. The Labute approximate surface area is 169 Å². The van der Waals surface area contributed by atoms with Crippen LogP contribution in [-0.4, -0.2) is 36.0 Å². The maximum absolute atomic E-state index is 12.1. The van der Waals surface area contributed by atoms with Crippen molar-refractivity contribution >= 4 is 11.9 Å². The van der Waals surface area contributed by atoms with E-state index >= 15 is 0 Å². The van der Waals surface area contributed by atoms with E-state index in [4.69, 9.17) is 4.74 Å². The number of halogens is 2. The molecule has 156 valence electrons. The minimum atomic E-state index is -2.87. The number of alkyl halides is 2. The van der Waals surface area contributed by atoms with E-state index in [1.807, 2.05) is 43.3 Å². The van der Waals surface area contributed by atoms with Crippen LogP contribution in [0.5, 0.6) is 5.75 Å². The number of benzene rings is 2. The molecule has 0 saturated carbocycles. The Kier molecular flexibility index (Phi) is 8.58. The summed E-state index contributed by atoms with van der Waals surface area (Å²) in [5.41, 5.74) is 0.786. The summed E-state index contributed by atoms with van der Waals surface area (Å²) in [6.07, 6.45) is -0.0243. The molecule has 7 heteroatoms. The number of hydrogen-bond acceptors (Lipinski definition) is 4. The lowest BCUT2D eigenvalue weighted by Gasteiger charge is -2.35. The SMILES string of the molecule is CC(=O)CC1CCN(C(C)c2ccc(OC(F)F)cc2)C(=O)O1.c1ccccc1. The van der Waals surface area contributed by atoms with Gasteiger partial charge in [0.1, 0.15) is 17.6 Å². The Balaban J connectivity index is 0.000000426. The maximum atomic E-state index is 12.1. The van der Waals surface area contributed by atoms with Gasteiger partial charge in [0.15, 0.2) is 0 Å². The van der Waals surface area contributed by atoms with Gasteiger partial charge in [0.25, 0.3) is 0 Å². The normalized spacial score (nSPS) is 17.1. The maximum Gasteiger partial charge on any atom is 0.410 e. The highest BCUT2D eigenvalue weighted by molar-refractivity contribution is 5.77. The van der Waals surface area contributed by atoms with E-state index in [1.54, 1.807) is 17.0 Å². The third kappa shape index (κ3) is 7.52. The van der Waals surface area contributed by atoms with Crippen LogP contribution in [0.4, 0.5) is 13.6 Å². The standard InChI is InChI=1S/C16H19F2NO4.C6H6/c1-10(20)9-14-7-8-19(16(21)23-14)11(2)12-3-5-13(6-4-12)22-15(17)18;1-2-4-6-5-3-1/h3-6,11,14-15H,7-9H2,1-2H3;1-6H. The fraction of sp³-hybridized carbons (Fsp3) is 0.364. The van der Waals surface area contributed by atoms with E-state index in [0.29, 0.717) is 13.0 Å². The second-order valence-corrected chi connectivity index (χ2v) is 6.67. The van der Waals surface area contributed by atoms with Gasteiger partial charge >= 0.3 is 12.7 Å². The second-order valence-electron chi connectivity index (χ2n) is 6.67. The number of carbonyl (C=O) groups is 2. The number of amides is 1. The van der Waals surface area contributed by atoms with Crippen molar-refractivity contribution in [2.24, 2.45) is 0 Å². The summed E-state index contributed by atoms with van der Waals surface area (Å²) in [6, 6.07) is 17.9. The zero-order valence-electron chi connectivity index (χ0n) is 16.5. The first-order valence-electron chi connectivity index (χ1n) is 9.38. The van der Waals surface area contributed by atoms with E-state index < -0.39 is 12.7 Å². The van der Waals surface area contributed by atoms with Crippen LogP contribution in [0.3, 0.4) is 0 Å². The van der Waals surface area contributed by atoms with Crippen molar-refractivity contribution in [2.75, 3.05) is 6.54 Å². The minimum Gasteiger partial charge on any atom is -0.446 e. The molecule has 1 aliphatic heterocycles. The van der Waals surface area contributed by atoms with Gasteiger partial charge in [-0.2, -0.15) is 8.78 Å². The first-order chi connectivity index (χ1) is 13.9. The first kappa shape index (κ1) is 22.3. The van der Waals surface area contributed by atoms with Crippen molar-refractivity contribution in [3.05, 3.63) is 66.2 Å². The largest absolute Gasteiger partial charge is 0.446 e. The van der Waals surface area contributed by atoms with Gasteiger partial charge in [-0.25, -0.2) is 4.79 Å². The van der Waals surface area contributed by atoms with E-state index in [1.165, 1.54) is 19.1 Å². The Hall–Kier alpha value is -2.96. The monoisotopic (exact) mass is 405 g/mol. The van der Waals surface area contributed by atoms with Crippen LogP contribution in [0, 0.1) is 0 Å². The molecule has 1 amide bonds. The number of carbonyl (C=O) groups excluding carboxylic acids is 2. The van der Waals surface area contributed by atoms with Gasteiger partial charge in [0.2, 0.25) is 0 Å². The number of nitrogens with zero attached hydrogens (tertiary/aromatic N) is 1. The molecule has 1 fully saturated rings. The molecule has 0 radical (unpaired) electrons. The third-order valence-corrected chi connectivity index (χ3v) is 4.43. The highest BCUT2D eigenvalue weighted by atomic mass is 19.3. The molecule has 1 aliphatic rings. The third-order valence-electron chi connectivity index (χ3n) is 4.43. The number of rotatable bonds is 6. The number of hydrogen-bond donors (Lipinski definition) is 0. The smallest absolute Gasteiger partial charge is 0.410 e. The molecule has 29 heavy (non-hydrogen) atoms. The van der Waals surface area contributed by atoms with E-state index in [9.17, 15) is 18.4 Å². The number of cyclic esters (lactones) is 1. The molecule has 3 rings (SSSR count). The summed E-state index contributed by atoms with van der Waals surface area (Å²) in [5, 5.41) is 0. The van der Waals surface area contributed by atoms with Crippen molar-refractivity contribution in [2.45, 2.75) is 45.4 Å².